The van der Waals surface area contributed by atoms with Crippen LogP contribution in [-0.4, -0.2) is 46.3 Å². The van der Waals surface area contributed by atoms with Crippen LogP contribution in [0.4, 0.5) is 4.79 Å². The molecule has 0 spiro atoms. The molecule has 25 heavy (non-hydrogen) atoms. The predicted molar refractivity (Wildman–Crippen MR) is 94.2 cm³/mol. The number of carbonyl (C=O) groups is 2. The lowest BCUT2D eigenvalue weighted by Gasteiger charge is -2.30. The zero-order chi connectivity index (χ0) is 17.6. The average Bonchev–Trinajstić information content (AvgIpc) is 3.11. The van der Waals surface area contributed by atoms with Crippen LogP contribution in [0, 0.1) is 5.92 Å². The number of primary amides is 1. The number of amides is 3. The van der Waals surface area contributed by atoms with E-state index in [1.807, 2.05) is 47.4 Å². The van der Waals surface area contributed by atoms with Crippen molar-refractivity contribution < 1.29 is 9.59 Å². The molecule has 0 unspecified atom stereocenters. The van der Waals surface area contributed by atoms with Gasteiger partial charge in [-0.1, -0.05) is 18.2 Å². The second-order valence-corrected chi connectivity index (χ2v) is 6.29. The minimum Gasteiger partial charge on any atom is -0.355 e. The van der Waals surface area contributed by atoms with Crippen molar-refractivity contribution >= 4 is 11.9 Å². The van der Waals surface area contributed by atoms with E-state index in [9.17, 15) is 9.59 Å². The van der Waals surface area contributed by atoms with Crippen LogP contribution >= 0.6 is 0 Å². The molecular weight excluding hydrogens is 318 g/mol. The van der Waals surface area contributed by atoms with Crippen LogP contribution < -0.4 is 11.1 Å². The van der Waals surface area contributed by atoms with Gasteiger partial charge in [0.1, 0.15) is 0 Å². The van der Waals surface area contributed by atoms with Crippen molar-refractivity contribution in [1.29, 1.82) is 0 Å². The van der Waals surface area contributed by atoms with E-state index >= 15 is 0 Å². The Hall–Kier alpha value is -2.83. The number of piperidine rings is 1. The van der Waals surface area contributed by atoms with Gasteiger partial charge in [0.25, 0.3) is 0 Å². The van der Waals surface area contributed by atoms with E-state index in [1.165, 1.54) is 4.90 Å². The number of rotatable bonds is 5. The van der Waals surface area contributed by atoms with Crippen LogP contribution in [0.25, 0.3) is 5.69 Å². The molecule has 7 nitrogen and oxygen atoms in total. The van der Waals surface area contributed by atoms with Gasteiger partial charge < -0.3 is 16.0 Å². The Kier molecular flexibility index (Phi) is 5.33. The molecule has 0 aliphatic carbocycles. The van der Waals surface area contributed by atoms with Crippen LogP contribution in [0.2, 0.25) is 0 Å². The maximum atomic E-state index is 12.3. The molecule has 2 aromatic rings. The Morgan fingerprint density at radius 1 is 1.28 bits per heavy atom. The number of para-hydroxylation sites is 1. The number of likely N-dealkylation sites (tertiary alicyclic amines) is 1. The summed E-state index contributed by atoms with van der Waals surface area (Å²) in [4.78, 5) is 25.1. The Morgan fingerprint density at radius 2 is 2.08 bits per heavy atom. The summed E-state index contributed by atoms with van der Waals surface area (Å²) >= 11 is 0. The summed E-state index contributed by atoms with van der Waals surface area (Å²) in [7, 11) is 0. The molecule has 1 fully saturated rings. The fraction of sp³-hybridized carbons (Fsp3) is 0.389. The molecule has 1 aromatic heterocycles. The van der Waals surface area contributed by atoms with Gasteiger partial charge in [-0.25, -0.2) is 9.48 Å². The third kappa shape index (κ3) is 4.37. The van der Waals surface area contributed by atoms with E-state index < -0.39 is 6.03 Å². The van der Waals surface area contributed by atoms with Gasteiger partial charge in [0.05, 0.1) is 17.8 Å². The van der Waals surface area contributed by atoms with Gasteiger partial charge in [-0.15, -0.1) is 0 Å². The molecule has 1 aliphatic heterocycles. The first-order valence-electron chi connectivity index (χ1n) is 8.54. The Bertz CT molecular complexity index is 728. The van der Waals surface area contributed by atoms with E-state index in [0.29, 0.717) is 26.1 Å². The summed E-state index contributed by atoms with van der Waals surface area (Å²) in [6.45, 7) is 1.59. The molecule has 7 heteroatoms. The first kappa shape index (κ1) is 17.0. The highest BCUT2D eigenvalue weighted by atomic mass is 16.2. The largest absolute Gasteiger partial charge is 0.355 e. The molecule has 1 aromatic carbocycles. The molecule has 3 rings (SSSR count). The number of nitrogens with two attached hydrogens (primary N) is 1. The maximum Gasteiger partial charge on any atom is 0.314 e. The van der Waals surface area contributed by atoms with E-state index in [2.05, 4.69) is 10.4 Å². The second-order valence-electron chi connectivity index (χ2n) is 6.29. The van der Waals surface area contributed by atoms with E-state index in [4.69, 9.17) is 5.73 Å². The molecule has 3 amide bonds. The van der Waals surface area contributed by atoms with E-state index in [0.717, 1.165) is 24.1 Å². The molecule has 0 saturated carbocycles. The number of aromatic nitrogens is 2. The summed E-state index contributed by atoms with van der Waals surface area (Å²) in [5.41, 5.74) is 7.37. The van der Waals surface area contributed by atoms with Crippen LogP contribution in [0.1, 0.15) is 18.4 Å². The number of carbonyl (C=O) groups excluding carboxylic acids is 2. The maximum absolute atomic E-state index is 12.3. The van der Waals surface area contributed by atoms with Crippen molar-refractivity contribution in [2.45, 2.75) is 19.3 Å². The van der Waals surface area contributed by atoms with Crippen LogP contribution in [-0.2, 0) is 11.2 Å². The number of benzene rings is 1. The van der Waals surface area contributed by atoms with Gasteiger partial charge in [0.2, 0.25) is 5.91 Å². The van der Waals surface area contributed by atoms with Crippen LogP contribution in [0.3, 0.4) is 0 Å². The lowest BCUT2D eigenvalue weighted by molar-refractivity contribution is -0.126. The molecule has 1 aliphatic rings. The lowest BCUT2D eigenvalue weighted by atomic mass is 9.97. The van der Waals surface area contributed by atoms with Gasteiger partial charge in [-0.3, -0.25) is 4.79 Å². The molecular formula is C18H23N5O2. The highest BCUT2D eigenvalue weighted by molar-refractivity contribution is 5.80. The SMILES string of the molecule is NC(=O)N1CCC[C@H](C(=O)NCCc2cnn(-c3ccccc3)c2)C1. The molecule has 2 heterocycles. The van der Waals surface area contributed by atoms with Gasteiger partial charge in [-0.05, 0) is 37.0 Å². The minimum absolute atomic E-state index is 0.0126. The highest BCUT2D eigenvalue weighted by Crippen LogP contribution is 2.16. The minimum atomic E-state index is -0.453. The third-order valence-corrected chi connectivity index (χ3v) is 4.47. The van der Waals surface area contributed by atoms with Crippen LogP contribution in [0.15, 0.2) is 42.7 Å². The molecule has 1 saturated heterocycles. The zero-order valence-electron chi connectivity index (χ0n) is 14.1. The summed E-state index contributed by atoms with van der Waals surface area (Å²) in [5, 5.41) is 7.30. The van der Waals surface area contributed by atoms with Crippen molar-refractivity contribution in [2.24, 2.45) is 11.7 Å². The summed E-state index contributed by atoms with van der Waals surface area (Å²) in [5.74, 6) is -0.185. The third-order valence-electron chi connectivity index (χ3n) is 4.47. The van der Waals surface area contributed by atoms with Crippen molar-refractivity contribution in [3.8, 4) is 5.69 Å². The lowest BCUT2D eigenvalue weighted by Crippen LogP contribution is -2.47. The Balaban J connectivity index is 1.47. The molecule has 3 N–H and O–H groups in total. The fourth-order valence-corrected chi connectivity index (χ4v) is 3.08. The number of hydrogen-bond donors (Lipinski definition) is 2. The number of nitrogens with zero attached hydrogens (tertiary/aromatic N) is 3. The first-order valence-corrected chi connectivity index (χ1v) is 8.54. The van der Waals surface area contributed by atoms with Gasteiger partial charge in [0, 0.05) is 25.8 Å². The van der Waals surface area contributed by atoms with E-state index in [1.54, 1.807) is 0 Å². The average molecular weight is 341 g/mol. The summed E-state index contributed by atoms with van der Waals surface area (Å²) in [6, 6.07) is 9.44. The Morgan fingerprint density at radius 3 is 2.84 bits per heavy atom. The van der Waals surface area contributed by atoms with Crippen molar-refractivity contribution in [3.05, 3.63) is 48.3 Å². The van der Waals surface area contributed by atoms with Crippen molar-refractivity contribution in [2.75, 3.05) is 19.6 Å². The highest BCUT2D eigenvalue weighted by Gasteiger charge is 2.27. The standard InChI is InChI=1S/C18H23N5O2/c19-18(25)22-10-4-5-15(13-22)17(24)20-9-8-14-11-21-23(12-14)16-6-2-1-3-7-16/h1-3,6-7,11-12,15H,4-5,8-10,13H2,(H2,19,25)(H,20,24)/t15-/m0/s1. The fourth-order valence-electron chi connectivity index (χ4n) is 3.08. The molecule has 132 valence electrons. The number of nitrogens with one attached hydrogen (secondary N) is 1. The molecule has 1 atom stereocenters. The summed E-state index contributed by atoms with van der Waals surface area (Å²) in [6.07, 6.45) is 6.10. The summed E-state index contributed by atoms with van der Waals surface area (Å²) < 4.78 is 1.82. The topological polar surface area (TPSA) is 93.2 Å². The first-order chi connectivity index (χ1) is 12.1. The smallest absolute Gasteiger partial charge is 0.314 e. The van der Waals surface area contributed by atoms with Gasteiger partial charge in [-0.2, -0.15) is 5.10 Å². The second kappa shape index (κ2) is 7.83. The van der Waals surface area contributed by atoms with Gasteiger partial charge >= 0.3 is 6.03 Å². The monoisotopic (exact) mass is 341 g/mol. The van der Waals surface area contributed by atoms with Crippen LogP contribution in [0.5, 0.6) is 0 Å². The molecule has 0 radical (unpaired) electrons. The van der Waals surface area contributed by atoms with Crippen molar-refractivity contribution in [1.82, 2.24) is 20.0 Å². The Labute approximate surface area is 146 Å². The quantitative estimate of drug-likeness (QED) is 0.859. The van der Waals surface area contributed by atoms with Gasteiger partial charge in [0.15, 0.2) is 0 Å². The predicted octanol–water partition coefficient (Wildman–Crippen LogP) is 1.32. The van der Waals surface area contributed by atoms with Crippen molar-refractivity contribution in [3.63, 3.8) is 0 Å². The van der Waals surface area contributed by atoms with E-state index in [-0.39, 0.29) is 11.8 Å². The number of urea groups is 1. The number of hydrogen-bond acceptors (Lipinski definition) is 3. The molecule has 0 bridgehead atoms. The normalized spacial score (nSPS) is 17.3. The zero-order valence-corrected chi connectivity index (χ0v) is 14.1.